The lowest BCUT2D eigenvalue weighted by Gasteiger charge is -2.04. The molecule has 2 aromatic rings. The van der Waals surface area contributed by atoms with Gasteiger partial charge in [0.1, 0.15) is 5.75 Å². The van der Waals surface area contributed by atoms with Crippen LogP contribution in [0.5, 0.6) is 5.75 Å². The molecule has 5 nitrogen and oxygen atoms in total. The minimum Gasteiger partial charge on any atom is -0.371 e. The summed E-state index contributed by atoms with van der Waals surface area (Å²) in [7, 11) is -2.39. The summed E-state index contributed by atoms with van der Waals surface area (Å²) in [6, 6.07) is 6.85. The van der Waals surface area contributed by atoms with Crippen molar-refractivity contribution in [2.24, 2.45) is 0 Å². The number of aromatic nitrogens is 1. The van der Waals surface area contributed by atoms with Crippen LogP contribution in [0.2, 0.25) is 0 Å². The fourth-order valence-electron chi connectivity index (χ4n) is 1.25. The smallest absolute Gasteiger partial charge is 0.371 e. The van der Waals surface area contributed by atoms with E-state index in [4.69, 9.17) is 4.18 Å². The van der Waals surface area contributed by atoms with E-state index in [0.29, 0.717) is 0 Å². The number of nitrogens with one attached hydrogen (secondary N) is 2. The molecule has 80 valence electrons. The van der Waals surface area contributed by atoms with Crippen molar-refractivity contribution in [2.75, 3.05) is 7.05 Å². The third-order valence-corrected chi connectivity index (χ3v) is 2.89. The Morgan fingerprint density at radius 2 is 2.13 bits per heavy atom. The lowest BCUT2D eigenvalue weighted by Crippen LogP contribution is -2.24. The first-order valence-corrected chi connectivity index (χ1v) is 5.72. The molecule has 0 aliphatic heterocycles. The zero-order chi connectivity index (χ0) is 10.9. The molecule has 0 aliphatic rings. The van der Waals surface area contributed by atoms with Crippen molar-refractivity contribution >= 4 is 21.2 Å². The Morgan fingerprint density at radius 1 is 1.33 bits per heavy atom. The van der Waals surface area contributed by atoms with Crippen molar-refractivity contribution in [3.63, 3.8) is 0 Å². The maximum absolute atomic E-state index is 11.1. The van der Waals surface area contributed by atoms with Gasteiger partial charge in [0.05, 0.1) is 0 Å². The fraction of sp³-hybridized carbons (Fsp3) is 0.111. The van der Waals surface area contributed by atoms with Crippen molar-refractivity contribution in [1.82, 2.24) is 9.71 Å². The Bertz CT molecular complexity index is 574. The Kier molecular flexibility index (Phi) is 2.37. The average Bonchev–Trinajstić information content (AvgIpc) is 2.64. The number of aromatic amines is 1. The second-order valence-electron chi connectivity index (χ2n) is 2.97. The molecule has 6 heteroatoms. The van der Waals surface area contributed by atoms with Crippen molar-refractivity contribution < 1.29 is 12.6 Å². The number of hydrogen-bond acceptors (Lipinski definition) is 3. The van der Waals surface area contributed by atoms with Crippen LogP contribution < -0.4 is 8.91 Å². The summed E-state index contributed by atoms with van der Waals surface area (Å²) in [4.78, 5) is 3.00. The molecule has 0 atom stereocenters. The quantitative estimate of drug-likeness (QED) is 0.820. The highest BCUT2D eigenvalue weighted by Crippen LogP contribution is 2.20. The third kappa shape index (κ3) is 2.11. The first-order valence-electron chi connectivity index (χ1n) is 4.31. The van der Waals surface area contributed by atoms with Crippen LogP contribution in [-0.4, -0.2) is 20.4 Å². The van der Waals surface area contributed by atoms with E-state index in [0.717, 1.165) is 10.9 Å². The molecule has 0 bridgehead atoms. The summed E-state index contributed by atoms with van der Waals surface area (Å²) in [5.74, 6) is 0.288. The van der Waals surface area contributed by atoms with Crippen molar-refractivity contribution in [1.29, 1.82) is 0 Å². The Morgan fingerprint density at radius 3 is 2.87 bits per heavy atom. The zero-order valence-corrected chi connectivity index (χ0v) is 8.84. The summed E-state index contributed by atoms with van der Waals surface area (Å²) in [6.07, 6.45) is 1.78. The van der Waals surface area contributed by atoms with Gasteiger partial charge in [0.15, 0.2) is 0 Å². The van der Waals surface area contributed by atoms with Gasteiger partial charge in [-0.2, -0.15) is 13.1 Å². The van der Waals surface area contributed by atoms with E-state index < -0.39 is 10.3 Å². The van der Waals surface area contributed by atoms with E-state index in [1.54, 1.807) is 24.4 Å². The van der Waals surface area contributed by atoms with E-state index in [2.05, 4.69) is 9.71 Å². The number of benzene rings is 1. The first-order chi connectivity index (χ1) is 7.11. The highest BCUT2D eigenvalue weighted by Gasteiger charge is 2.08. The van der Waals surface area contributed by atoms with Gasteiger partial charge in [-0.05, 0) is 24.3 Å². The zero-order valence-electron chi connectivity index (χ0n) is 8.02. The Hall–Kier alpha value is -1.53. The molecule has 15 heavy (non-hydrogen) atoms. The molecule has 0 aliphatic carbocycles. The Balaban J connectivity index is 2.37. The molecule has 0 saturated carbocycles. The van der Waals surface area contributed by atoms with Gasteiger partial charge in [-0.15, -0.1) is 0 Å². The molecule has 0 spiro atoms. The molecule has 2 N–H and O–H groups in total. The molecular weight excluding hydrogens is 216 g/mol. The molecule has 0 radical (unpaired) electrons. The van der Waals surface area contributed by atoms with Gasteiger partial charge in [0.2, 0.25) is 0 Å². The van der Waals surface area contributed by atoms with E-state index in [9.17, 15) is 8.42 Å². The topological polar surface area (TPSA) is 71.2 Å². The first kappa shape index (κ1) is 10.0. The maximum Gasteiger partial charge on any atom is 0.382 e. The van der Waals surface area contributed by atoms with Crippen LogP contribution >= 0.6 is 0 Å². The lowest BCUT2D eigenvalue weighted by atomic mass is 10.2. The molecule has 0 amide bonds. The van der Waals surface area contributed by atoms with Gasteiger partial charge in [-0.25, -0.2) is 0 Å². The molecule has 0 saturated heterocycles. The van der Waals surface area contributed by atoms with Crippen molar-refractivity contribution in [3.8, 4) is 5.75 Å². The highest BCUT2D eigenvalue weighted by atomic mass is 32.2. The second-order valence-corrected chi connectivity index (χ2v) is 4.45. The van der Waals surface area contributed by atoms with E-state index in [1.165, 1.54) is 7.05 Å². The van der Waals surface area contributed by atoms with Crippen LogP contribution in [0.25, 0.3) is 10.9 Å². The minimum atomic E-state index is -3.68. The number of rotatable bonds is 3. The normalized spacial score (nSPS) is 11.8. The van der Waals surface area contributed by atoms with Gasteiger partial charge in [-0.3, -0.25) is 0 Å². The largest absolute Gasteiger partial charge is 0.382 e. The highest BCUT2D eigenvalue weighted by molar-refractivity contribution is 7.85. The van der Waals surface area contributed by atoms with Gasteiger partial charge in [0.25, 0.3) is 0 Å². The summed E-state index contributed by atoms with van der Waals surface area (Å²) < 4.78 is 29.1. The molecular formula is C9H10N2O3S. The monoisotopic (exact) mass is 226 g/mol. The lowest BCUT2D eigenvalue weighted by molar-refractivity contribution is 0.477. The number of hydrogen-bond donors (Lipinski definition) is 2. The number of fused-ring (bicyclic) bond motifs is 1. The fourth-order valence-corrected chi connectivity index (χ4v) is 1.69. The summed E-state index contributed by atoms with van der Waals surface area (Å²) >= 11 is 0. The predicted molar refractivity (Wildman–Crippen MR) is 56.9 cm³/mol. The molecule has 1 aromatic heterocycles. The average molecular weight is 226 g/mol. The van der Waals surface area contributed by atoms with Crippen LogP contribution in [-0.2, 0) is 10.3 Å². The summed E-state index contributed by atoms with van der Waals surface area (Å²) in [5, 5.41) is 0.902. The third-order valence-electron chi connectivity index (χ3n) is 1.98. The van der Waals surface area contributed by atoms with Gasteiger partial charge >= 0.3 is 10.3 Å². The van der Waals surface area contributed by atoms with E-state index >= 15 is 0 Å². The molecule has 2 rings (SSSR count). The Labute approximate surface area is 87.3 Å². The number of H-pyrrole nitrogens is 1. The van der Waals surface area contributed by atoms with Crippen LogP contribution in [0.1, 0.15) is 0 Å². The SMILES string of the molecule is CNS(=O)(=O)Oc1ccc2[nH]ccc2c1. The van der Waals surface area contributed by atoms with Crippen LogP contribution in [0.4, 0.5) is 0 Å². The van der Waals surface area contributed by atoms with Crippen LogP contribution in [0.3, 0.4) is 0 Å². The molecule has 1 heterocycles. The minimum absolute atomic E-state index is 0.288. The molecule has 0 unspecified atom stereocenters. The van der Waals surface area contributed by atoms with Crippen molar-refractivity contribution in [3.05, 3.63) is 30.5 Å². The van der Waals surface area contributed by atoms with E-state index in [-0.39, 0.29) is 5.75 Å². The standard InChI is InChI=1S/C9H10N2O3S/c1-10-15(12,13)14-8-2-3-9-7(6-8)4-5-11-9/h2-6,10-11H,1H3. The van der Waals surface area contributed by atoms with Gasteiger partial charge in [-0.1, -0.05) is 0 Å². The summed E-state index contributed by atoms with van der Waals surface area (Å²) in [6.45, 7) is 0. The van der Waals surface area contributed by atoms with Crippen molar-refractivity contribution in [2.45, 2.75) is 0 Å². The van der Waals surface area contributed by atoms with Crippen LogP contribution in [0, 0.1) is 0 Å². The van der Waals surface area contributed by atoms with E-state index in [1.807, 2.05) is 6.07 Å². The van der Waals surface area contributed by atoms with Gasteiger partial charge < -0.3 is 9.17 Å². The van der Waals surface area contributed by atoms with Crippen LogP contribution in [0.15, 0.2) is 30.5 Å². The summed E-state index contributed by atoms with van der Waals surface area (Å²) in [5.41, 5.74) is 0.934. The second kappa shape index (κ2) is 3.56. The predicted octanol–water partition coefficient (Wildman–Crippen LogP) is 1.01. The maximum atomic E-state index is 11.1. The molecule has 1 aromatic carbocycles. The molecule has 0 fully saturated rings. The van der Waals surface area contributed by atoms with Gasteiger partial charge in [0, 0.05) is 24.1 Å².